The Balaban J connectivity index is 1.55. The van der Waals surface area contributed by atoms with E-state index in [-0.39, 0.29) is 0 Å². The van der Waals surface area contributed by atoms with E-state index in [1.807, 2.05) is 0 Å². The molecule has 0 unspecified atom stereocenters. The second-order valence-corrected chi connectivity index (χ2v) is 6.45. The lowest BCUT2D eigenvalue weighted by Gasteiger charge is -2.32. The lowest BCUT2D eigenvalue weighted by molar-refractivity contribution is 0.204. The average Bonchev–Trinajstić information content (AvgIpc) is 2.51. The maximum Gasteiger partial charge on any atom is 0.0233 e. The minimum atomic E-state index is 0.750. The number of hydrogen-bond donors (Lipinski definition) is 0. The molecule has 0 amide bonds. The van der Waals surface area contributed by atoms with Crippen molar-refractivity contribution >= 4 is 0 Å². The third kappa shape index (κ3) is 3.74. The highest BCUT2D eigenvalue weighted by atomic mass is 15.1. The minimum absolute atomic E-state index is 0.750. The molecule has 1 aliphatic rings. The topological polar surface area (TPSA) is 3.24 Å². The summed E-state index contributed by atoms with van der Waals surface area (Å²) in [4.78, 5) is 2.59. The third-order valence-electron chi connectivity index (χ3n) is 4.66. The molecule has 0 aliphatic carbocycles. The van der Waals surface area contributed by atoms with Crippen LogP contribution in [0.3, 0.4) is 0 Å². The normalized spacial score (nSPS) is 17.0. The standard InChI is InChI=1S/C20H25N/c1-16-3-7-18(8-4-16)15-21-13-11-20(12-14-21)19-9-5-17(2)6-10-19/h3-10,20H,11-15H2,1-2H3. The zero-order valence-corrected chi connectivity index (χ0v) is 13.2. The van der Waals surface area contributed by atoms with Crippen LogP contribution in [0.5, 0.6) is 0 Å². The molecule has 3 rings (SSSR count). The predicted molar refractivity (Wildman–Crippen MR) is 89.6 cm³/mol. The Hall–Kier alpha value is -1.60. The highest BCUT2D eigenvalue weighted by molar-refractivity contribution is 5.25. The van der Waals surface area contributed by atoms with E-state index in [4.69, 9.17) is 0 Å². The van der Waals surface area contributed by atoms with Crippen molar-refractivity contribution in [2.24, 2.45) is 0 Å². The minimum Gasteiger partial charge on any atom is -0.299 e. The van der Waals surface area contributed by atoms with Gasteiger partial charge in [-0.3, -0.25) is 4.90 Å². The summed E-state index contributed by atoms with van der Waals surface area (Å²) in [5.74, 6) is 0.750. The van der Waals surface area contributed by atoms with Gasteiger partial charge < -0.3 is 0 Å². The van der Waals surface area contributed by atoms with E-state index in [0.717, 1.165) is 12.5 Å². The summed E-state index contributed by atoms with van der Waals surface area (Å²) < 4.78 is 0. The molecule has 0 bridgehead atoms. The fraction of sp³-hybridized carbons (Fsp3) is 0.400. The Morgan fingerprint density at radius 3 is 1.90 bits per heavy atom. The van der Waals surface area contributed by atoms with Crippen LogP contribution < -0.4 is 0 Å². The van der Waals surface area contributed by atoms with Gasteiger partial charge in [-0.05, 0) is 56.8 Å². The Kier molecular flexibility index (Phi) is 4.40. The quantitative estimate of drug-likeness (QED) is 0.788. The first-order valence-corrected chi connectivity index (χ1v) is 8.05. The van der Waals surface area contributed by atoms with Crippen molar-refractivity contribution in [3.8, 4) is 0 Å². The second-order valence-electron chi connectivity index (χ2n) is 6.45. The molecule has 0 spiro atoms. The number of aryl methyl sites for hydroxylation is 2. The van der Waals surface area contributed by atoms with Gasteiger partial charge in [-0.1, -0.05) is 59.7 Å². The fourth-order valence-corrected chi connectivity index (χ4v) is 3.21. The molecule has 110 valence electrons. The maximum atomic E-state index is 2.59. The van der Waals surface area contributed by atoms with E-state index >= 15 is 0 Å². The molecule has 0 atom stereocenters. The highest BCUT2D eigenvalue weighted by Crippen LogP contribution is 2.28. The van der Waals surface area contributed by atoms with Crippen LogP contribution in [-0.4, -0.2) is 18.0 Å². The first-order chi connectivity index (χ1) is 10.2. The van der Waals surface area contributed by atoms with Crippen LogP contribution in [-0.2, 0) is 6.54 Å². The van der Waals surface area contributed by atoms with Crippen LogP contribution in [0.1, 0.15) is 41.0 Å². The Morgan fingerprint density at radius 1 is 0.810 bits per heavy atom. The molecule has 21 heavy (non-hydrogen) atoms. The zero-order valence-electron chi connectivity index (χ0n) is 13.2. The molecule has 0 radical (unpaired) electrons. The Bertz CT molecular complexity index is 560. The molecule has 0 aromatic heterocycles. The van der Waals surface area contributed by atoms with Gasteiger partial charge in [0, 0.05) is 6.54 Å². The molecule has 1 heteroatoms. The van der Waals surface area contributed by atoms with Gasteiger partial charge in [0.15, 0.2) is 0 Å². The molecule has 1 fully saturated rings. The summed E-state index contributed by atoms with van der Waals surface area (Å²) in [6.45, 7) is 7.84. The SMILES string of the molecule is Cc1ccc(CN2CCC(c3ccc(C)cc3)CC2)cc1. The van der Waals surface area contributed by atoms with Gasteiger partial charge in [-0.15, -0.1) is 0 Å². The Morgan fingerprint density at radius 2 is 1.33 bits per heavy atom. The van der Waals surface area contributed by atoms with Crippen LogP contribution >= 0.6 is 0 Å². The fourth-order valence-electron chi connectivity index (χ4n) is 3.21. The van der Waals surface area contributed by atoms with Crippen molar-refractivity contribution in [1.29, 1.82) is 0 Å². The van der Waals surface area contributed by atoms with Gasteiger partial charge in [0.1, 0.15) is 0 Å². The summed E-state index contributed by atoms with van der Waals surface area (Å²) in [5.41, 5.74) is 5.66. The smallest absolute Gasteiger partial charge is 0.0233 e. The van der Waals surface area contributed by atoms with Crippen molar-refractivity contribution in [2.45, 2.75) is 39.2 Å². The molecule has 1 saturated heterocycles. The van der Waals surface area contributed by atoms with Gasteiger partial charge in [0.25, 0.3) is 0 Å². The zero-order chi connectivity index (χ0) is 14.7. The summed E-state index contributed by atoms with van der Waals surface area (Å²) in [6, 6.07) is 18.1. The second kappa shape index (κ2) is 6.44. The molecule has 1 nitrogen and oxygen atoms in total. The van der Waals surface area contributed by atoms with E-state index in [9.17, 15) is 0 Å². The van der Waals surface area contributed by atoms with Crippen molar-refractivity contribution in [2.75, 3.05) is 13.1 Å². The average molecular weight is 279 g/mol. The lowest BCUT2D eigenvalue weighted by atomic mass is 9.89. The number of likely N-dealkylation sites (tertiary alicyclic amines) is 1. The maximum absolute atomic E-state index is 2.59. The number of hydrogen-bond acceptors (Lipinski definition) is 1. The monoisotopic (exact) mass is 279 g/mol. The van der Waals surface area contributed by atoms with E-state index in [1.54, 1.807) is 0 Å². The van der Waals surface area contributed by atoms with Crippen LogP contribution in [0.25, 0.3) is 0 Å². The molecule has 0 saturated carbocycles. The van der Waals surface area contributed by atoms with E-state index in [1.165, 1.54) is 48.2 Å². The molecule has 2 aromatic rings. The van der Waals surface area contributed by atoms with Gasteiger partial charge in [-0.25, -0.2) is 0 Å². The highest BCUT2D eigenvalue weighted by Gasteiger charge is 2.20. The lowest BCUT2D eigenvalue weighted by Crippen LogP contribution is -2.32. The first-order valence-electron chi connectivity index (χ1n) is 8.05. The first kappa shape index (κ1) is 14.3. The summed E-state index contributed by atoms with van der Waals surface area (Å²) in [5, 5.41) is 0. The van der Waals surface area contributed by atoms with Gasteiger partial charge >= 0.3 is 0 Å². The van der Waals surface area contributed by atoms with E-state index < -0.39 is 0 Å². The van der Waals surface area contributed by atoms with Crippen molar-refractivity contribution < 1.29 is 0 Å². The van der Waals surface area contributed by atoms with Gasteiger partial charge in [-0.2, -0.15) is 0 Å². The number of rotatable bonds is 3. The molecule has 1 aliphatic heterocycles. The summed E-state index contributed by atoms with van der Waals surface area (Å²) in [7, 11) is 0. The molecular weight excluding hydrogens is 254 g/mol. The largest absolute Gasteiger partial charge is 0.299 e. The van der Waals surface area contributed by atoms with Crippen LogP contribution in [0, 0.1) is 13.8 Å². The number of piperidine rings is 1. The summed E-state index contributed by atoms with van der Waals surface area (Å²) >= 11 is 0. The third-order valence-corrected chi connectivity index (χ3v) is 4.66. The van der Waals surface area contributed by atoms with Crippen molar-refractivity contribution in [3.63, 3.8) is 0 Å². The number of benzene rings is 2. The van der Waals surface area contributed by atoms with Crippen LogP contribution in [0.4, 0.5) is 0 Å². The van der Waals surface area contributed by atoms with E-state index in [0.29, 0.717) is 0 Å². The number of nitrogens with zero attached hydrogens (tertiary/aromatic N) is 1. The molecule has 1 heterocycles. The van der Waals surface area contributed by atoms with Crippen LogP contribution in [0.15, 0.2) is 48.5 Å². The van der Waals surface area contributed by atoms with Gasteiger partial charge in [0.05, 0.1) is 0 Å². The van der Waals surface area contributed by atoms with Crippen molar-refractivity contribution in [3.05, 3.63) is 70.8 Å². The molecule has 0 N–H and O–H groups in total. The van der Waals surface area contributed by atoms with E-state index in [2.05, 4.69) is 67.3 Å². The van der Waals surface area contributed by atoms with Crippen molar-refractivity contribution in [1.82, 2.24) is 4.90 Å². The van der Waals surface area contributed by atoms with Crippen LogP contribution in [0.2, 0.25) is 0 Å². The molecule has 2 aromatic carbocycles. The molecular formula is C20H25N. The van der Waals surface area contributed by atoms with Gasteiger partial charge in [0.2, 0.25) is 0 Å². The predicted octanol–water partition coefficient (Wildman–Crippen LogP) is 4.68. The summed E-state index contributed by atoms with van der Waals surface area (Å²) in [6.07, 6.45) is 2.57. The Labute approximate surface area is 128 Å².